The van der Waals surface area contributed by atoms with Crippen molar-refractivity contribution in [1.29, 1.82) is 0 Å². The second-order valence-electron chi connectivity index (χ2n) is 4.18. The molecule has 0 unspecified atom stereocenters. The van der Waals surface area contributed by atoms with Crippen molar-refractivity contribution in [3.63, 3.8) is 0 Å². The summed E-state index contributed by atoms with van der Waals surface area (Å²) in [6.45, 7) is 3.77. The number of nitrogens with zero attached hydrogens (tertiary/aromatic N) is 1. The number of aryl methyl sites for hydroxylation is 2. The summed E-state index contributed by atoms with van der Waals surface area (Å²) >= 11 is 0. The zero-order valence-electron chi connectivity index (χ0n) is 11.1. The number of benzene rings is 1. The monoisotopic (exact) mass is 257 g/mol. The molecule has 2 aromatic rings. The third kappa shape index (κ3) is 2.91. The molecule has 1 heterocycles. The first-order valence-electron chi connectivity index (χ1n) is 5.91. The van der Waals surface area contributed by atoms with Crippen LogP contribution >= 0.6 is 0 Å². The summed E-state index contributed by atoms with van der Waals surface area (Å²) in [6, 6.07) is 7.19. The van der Waals surface area contributed by atoms with Crippen molar-refractivity contribution < 1.29 is 14.1 Å². The number of methoxy groups -OCH3 is 1. The second kappa shape index (κ2) is 5.52. The number of hydrogen-bond donors (Lipinski definition) is 0. The van der Waals surface area contributed by atoms with Crippen LogP contribution in [0.1, 0.15) is 32.9 Å². The van der Waals surface area contributed by atoms with Crippen LogP contribution in [0.25, 0.3) is 12.2 Å². The van der Waals surface area contributed by atoms with Gasteiger partial charge in [-0.2, -0.15) is 0 Å². The van der Waals surface area contributed by atoms with E-state index in [0.717, 1.165) is 22.6 Å². The Kier molecular flexibility index (Phi) is 3.80. The van der Waals surface area contributed by atoms with Crippen LogP contribution in [0.4, 0.5) is 0 Å². The van der Waals surface area contributed by atoms with Gasteiger partial charge in [0, 0.05) is 5.56 Å². The van der Waals surface area contributed by atoms with Gasteiger partial charge in [-0.3, -0.25) is 0 Å². The average molecular weight is 257 g/mol. The summed E-state index contributed by atoms with van der Waals surface area (Å²) in [6.07, 6.45) is 3.90. The summed E-state index contributed by atoms with van der Waals surface area (Å²) in [5, 5.41) is 3.89. The molecule has 0 bridgehead atoms. The Bertz CT molecular complexity index is 589. The maximum Gasteiger partial charge on any atom is 0.337 e. The Morgan fingerprint density at radius 1 is 1.21 bits per heavy atom. The molecule has 98 valence electrons. The normalized spacial score (nSPS) is 10.9. The first-order valence-corrected chi connectivity index (χ1v) is 5.91. The predicted octanol–water partition coefficient (Wildman–Crippen LogP) is 3.25. The largest absolute Gasteiger partial charge is 0.465 e. The Labute approximate surface area is 111 Å². The summed E-state index contributed by atoms with van der Waals surface area (Å²) in [7, 11) is 1.37. The highest BCUT2D eigenvalue weighted by molar-refractivity contribution is 5.89. The molecule has 2 rings (SSSR count). The third-order valence-electron chi connectivity index (χ3n) is 2.86. The zero-order chi connectivity index (χ0) is 13.8. The van der Waals surface area contributed by atoms with Crippen LogP contribution < -0.4 is 0 Å². The lowest BCUT2D eigenvalue weighted by molar-refractivity contribution is 0.0601. The molecule has 0 saturated carbocycles. The first-order chi connectivity index (χ1) is 9.11. The fraction of sp³-hybridized carbons (Fsp3) is 0.200. The van der Waals surface area contributed by atoms with Gasteiger partial charge in [-0.15, -0.1) is 0 Å². The lowest BCUT2D eigenvalue weighted by atomic mass is 10.1. The van der Waals surface area contributed by atoms with Crippen molar-refractivity contribution in [2.24, 2.45) is 0 Å². The van der Waals surface area contributed by atoms with Crippen LogP contribution in [0.15, 0.2) is 28.8 Å². The number of esters is 1. The van der Waals surface area contributed by atoms with E-state index in [0.29, 0.717) is 5.56 Å². The topological polar surface area (TPSA) is 52.3 Å². The summed E-state index contributed by atoms with van der Waals surface area (Å²) < 4.78 is 9.74. The Morgan fingerprint density at radius 2 is 1.89 bits per heavy atom. The van der Waals surface area contributed by atoms with Crippen LogP contribution in [-0.2, 0) is 4.74 Å². The minimum absolute atomic E-state index is 0.332. The lowest BCUT2D eigenvalue weighted by Crippen LogP contribution is -2.00. The first kappa shape index (κ1) is 13.1. The number of rotatable bonds is 3. The van der Waals surface area contributed by atoms with E-state index < -0.39 is 0 Å². The Morgan fingerprint density at radius 3 is 2.42 bits per heavy atom. The molecule has 0 amide bonds. The molecule has 19 heavy (non-hydrogen) atoms. The van der Waals surface area contributed by atoms with Gasteiger partial charge in [-0.1, -0.05) is 23.4 Å². The van der Waals surface area contributed by atoms with Crippen LogP contribution in [0.2, 0.25) is 0 Å². The van der Waals surface area contributed by atoms with Crippen molar-refractivity contribution in [2.45, 2.75) is 13.8 Å². The fourth-order valence-corrected chi connectivity index (χ4v) is 1.76. The average Bonchev–Trinajstić information content (AvgIpc) is 2.75. The van der Waals surface area contributed by atoms with Gasteiger partial charge in [0.25, 0.3) is 0 Å². The molecular formula is C15H15NO3. The van der Waals surface area contributed by atoms with Gasteiger partial charge in [0.1, 0.15) is 5.76 Å². The molecule has 0 atom stereocenters. The molecular weight excluding hydrogens is 242 g/mol. The molecule has 0 aliphatic heterocycles. The summed E-state index contributed by atoms with van der Waals surface area (Å²) in [5.74, 6) is 0.459. The molecule has 1 aromatic carbocycles. The van der Waals surface area contributed by atoms with Crippen molar-refractivity contribution in [3.05, 3.63) is 52.4 Å². The molecule has 0 radical (unpaired) electrons. The van der Waals surface area contributed by atoms with Gasteiger partial charge in [-0.05, 0) is 37.6 Å². The maximum atomic E-state index is 11.3. The number of carbonyl (C=O) groups excluding carboxylic acids is 1. The smallest absolute Gasteiger partial charge is 0.337 e. The molecule has 0 saturated heterocycles. The van der Waals surface area contributed by atoms with E-state index >= 15 is 0 Å². The molecule has 4 nitrogen and oxygen atoms in total. The molecule has 0 N–H and O–H groups in total. The van der Waals surface area contributed by atoms with Gasteiger partial charge < -0.3 is 9.26 Å². The SMILES string of the molecule is COC(=O)c1ccc(/C=C/c2c(C)noc2C)cc1. The van der Waals surface area contributed by atoms with Crippen molar-refractivity contribution in [1.82, 2.24) is 5.16 Å². The van der Waals surface area contributed by atoms with Crippen molar-refractivity contribution >= 4 is 18.1 Å². The number of carbonyl (C=O) groups is 1. The standard InChI is InChI=1S/C15H15NO3/c1-10-14(11(2)19-16-10)9-6-12-4-7-13(8-5-12)15(17)18-3/h4-9H,1-3H3/b9-6+. The van der Waals surface area contributed by atoms with E-state index in [2.05, 4.69) is 9.89 Å². The van der Waals surface area contributed by atoms with E-state index in [-0.39, 0.29) is 5.97 Å². The van der Waals surface area contributed by atoms with Crippen LogP contribution in [0.3, 0.4) is 0 Å². The highest BCUT2D eigenvalue weighted by Crippen LogP contribution is 2.16. The van der Waals surface area contributed by atoms with E-state index in [9.17, 15) is 4.79 Å². The summed E-state index contributed by atoms with van der Waals surface area (Å²) in [5.41, 5.74) is 3.38. The maximum absolute atomic E-state index is 11.3. The van der Waals surface area contributed by atoms with E-state index in [1.54, 1.807) is 12.1 Å². The highest BCUT2D eigenvalue weighted by atomic mass is 16.5. The van der Waals surface area contributed by atoms with Gasteiger partial charge >= 0.3 is 5.97 Å². The molecule has 0 spiro atoms. The number of aromatic nitrogens is 1. The van der Waals surface area contributed by atoms with Crippen LogP contribution in [-0.4, -0.2) is 18.2 Å². The summed E-state index contributed by atoms with van der Waals surface area (Å²) in [4.78, 5) is 11.3. The molecule has 4 heteroatoms. The highest BCUT2D eigenvalue weighted by Gasteiger charge is 2.05. The van der Waals surface area contributed by atoms with Gasteiger partial charge in [0.2, 0.25) is 0 Å². The molecule has 0 aliphatic carbocycles. The minimum atomic E-state index is -0.332. The zero-order valence-corrected chi connectivity index (χ0v) is 11.1. The third-order valence-corrected chi connectivity index (χ3v) is 2.86. The number of ether oxygens (including phenoxy) is 1. The van der Waals surface area contributed by atoms with Crippen molar-refractivity contribution in [2.75, 3.05) is 7.11 Å². The molecule has 0 fully saturated rings. The molecule has 1 aromatic heterocycles. The van der Waals surface area contributed by atoms with Gasteiger partial charge in [-0.25, -0.2) is 4.79 Å². The van der Waals surface area contributed by atoms with Gasteiger partial charge in [0.15, 0.2) is 0 Å². The Hall–Kier alpha value is -2.36. The van der Waals surface area contributed by atoms with Crippen molar-refractivity contribution in [3.8, 4) is 0 Å². The van der Waals surface area contributed by atoms with E-state index in [4.69, 9.17) is 4.52 Å². The van der Waals surface area contributed by atoms with Crippen LogP contribution in [0.5, 0.6) is 0 Å². The quantitative estimate of drug-likeness (QED) is 0.792. The predicted molar refractivity (Wildman–Crippen MR) is 72.7 cm³/mol. The minimum Gasteiger partial charge on any atom is -0.465 e. The second-order valence-corrected chi connectivity index (χ2v) is 4.18. The Balaban J connectivity index is 2.18. The molecule has 0 aliphatic rings. The van der Waals surface area contributed by atoms with Crippen LogP contribution in [0, 0.1) is 13.8 Å². The van der Waals surface area contributed by atoms with E-state index in [1.807, 2.05) is 38.1 Å². The number of hydrogen-bond acceptors (Lipinski definition) is 4. The van der Waals surface area contributed by atoms with Gasteiger partial charge in [0.05, 0.1) is 18.4 Å². The van der Waals surface area contributed by atoms with E-state index in [1.165, 1.54) is 7.11 Å². The fourth-order valence-electron chi connectivity index (χ4n) is 1.76. The lowest BCUT2D eigenvalue weighted by Gasteiger charge is -1.99.